The topological polar surface area (TPSA) is 57.4 Å². The molecule has 5 nitrogen and oxygen atoms in total. The smallest absolute Gasteiger partial charge is 0.322 e. The number of hydrogen-bond donors (Lipinski definition) is 2. The van der Waals surface area contributed by atoms with E-state index in [9.17, 15) is 4.79 Å². The Kier molecular flexibility index (Phi) is 5.51. The molecule has 1 atom stereocenters. The van der Waals surface area contributed by atoms with Crippen LogP contribution < -0.4 is 10.1 Å². The molecule has 0 unspecified atom stereocenters. The van der Waals surface area contributed by atoms with E-state index < -0.39 is 0 Å². The van der Waals surface area contributed by atoms with Gasteiger partial charge in [0, 0.05) is 33.9 Å². The van der Waals surface area contributed by atoms with Crippen LogP contribution in [0.15, 0.2) is 60.7 Å². The van der Waals surface area contributed by atoms with Crippen LogP contribution in [0, 0.1) is 13.8 Å². The number of benzene rings is 3. The maximum Gasteiger partial charge on any atom is 0.322 e. The molecule has 2 amide bonds. The molecule has 1 aliphatic rings. The van der Waals surface area contributed by atoms with Crippen molar-refractivity contribution in [3.63, 3.8) is 0 Å². The third kappa shape index (κ3) is 3.83. The number of carbonyl (C=O) groups is 1. The Morgan fingerprint density at radius 2 is 1.91 bits per heavy atom. The number of urea groups is 1. The molecule has 0 saturated heterocycles. The molecule has 4 aromatic rings. The van der Waals surface area contributed by atoms with Gasteiger partial charge in [0.25, 0.3) is 0 Å². The summed E-state index contributed by atoms with van der Waals surface area (Å²) in [5.41, 5.74) is 7.34. The normalized spacial score (nSPS) is 15.4. The monoisotopic (exact) mass is 459 g/mol. The highest BCUT2D eigenvalue weighted by Crippen LogP contribution is 2.40. The summed E-state index contributed by atoms with van der Waals surface area (Å²) < 4.78 is 5.35. The minimum atomic E-state index is -0.254. The number of aryl methyl sites for hydroxylation is 1. The van der Waals surface area contributed by atoms with Crippen LogP contribution in [0.3, 0.4) is 0 Å². The lowest BCUT2D eigenvalue weighted by Gasteiger charge is -2.36. The van der Waals surface area contributed by atoms with E-state index in [4.69, 9.17) is 16.3 Å². The molecular weight excluding hydrogens is 434 g/mol. The van der Waals surface area contributed by atoms with Crippen LogP contribution in [0.4, 0.5) is 10.5 Å². The molecule has 1 aromatic heterocycles. The van der Waals surface area contributed by atoms with Gasteiger partial charge in [0.2, 0.25) is 0 Å². The van der Waals surface area contributed by atoms with Crippen LogP contribution in [-0.4, -0.2) is 29.6 Å². The van der Waals surface area contributed by atoms with E-state index in [0.717, 1.165) is 51.1 Å². The first-order chi connectivity index (χ1) is 16.0. The Balaban J connectivity index is 1.59. The summed E-state index contributed by atoms with van der Waals surface area (Å²) in [5, 5.41) is 4.97. The fourth-order valence-corrected chi connectivity index (χ4v) is 4.86. The average Bonchev–Trinajstić information content (AvgIpc) is 3.19. The molecule has 168 valence electrons. The van der Waals surface area contributed by atoms with Crippen molar-refractivity contribution in [2.75, 3.05) is 19.0 Å². The largest absolute Gasteiger partial charge is 0.497 e. The van der Waals surface area contributed by atoms with Gasteiger partial charge in [-0.2, -0.15) is 0 Å². The summed E-state index contributed by atoms with van der Waals surface area (Å²) in [7, 11) is 1.65. The molecule has 6 heteroatoms. The zero-order valence-corrected chi connectivity index (χ0v) is 19.7. The van der Waals surface area contributed by atoms with E-state index in [2.05, 4.69) is 10.3 Å². The number of carbonyl (C=O) groups excluding carboxylic acids is 1. The van der Waals surface area contributed by atoms with Crippen LogP contribution >= 0.6 is 11.6 Å². The molecule has 2 heterocycles. The standard InChI is InChI=1S/C27H26ClN3O2/c1-16-5-4-6-23(17(16)2)30-27(32)31-14-13-21-22-15-19(28)9-12-24(22)29-25(21)26(31)18-7-10-20(33-3)11-8-18/h4-12,15,26,29H,13-14H2,1-3H3,(H,30,32)/t26-/m0/s1. The lowest BCUT2D eigenvalue weighted by molar-refractivity contribution is 0.193. The molecule has 0 radical (unpaired) electrons. The highest BCUT2D eigenvalue weighted by molar-refractivity contribution is 6.31. The number of aromatic amines is 1. The third-order valence-electron chi connectivity index (χ3n) is 6.63. The minimum Gasteiger partial charge on any atom is -0.497 e. The van der Waals surface area contributed by atoms with Crippen molar-refractivity contribution in [3.05, 3.63) is 93.6 Å². The number of hydrogen-bond acceptors (Lipinski definition) is 2. The number of ether oxygens (including phenoxy) is 1. The van der Waals surface area contributed by atoms with E-state index in [1.165, 1.54) is 5.56 Å². The summed E-state index contributed by atoms with van der Waals surface area (Å²) in [6, 6.07) is 19.4. The van der Waals surface area contributed by atoms with Crippen molar-refractivity contribution in [3.8, 4) is 5.75 Å². The molecule has 2 N–H and O–H groups in total. The number of amides is 2. The van der Waals surface area contributed by atoms with Gasteiger partial charge >= 0.3 is 6.03 Å². The minimum absolute atomic E-state index is 0.119. The summed E-state index contributed by atoms with van der Waals surface area (Å²) in [6.07, 6.45) is 0.753. The summed E-state index contributed by atoms with van der Waals surface area (Å²) >= 11 is 6.30. The molecule has 1 aliphatic heterocycles. The molecule has 5 rings (SSSR count). The zero-order valence-electron chi connectivity index (χ0n) is 18.9. The van der Waals surface area contributed by atoms with Gasteiger partial charge in [0.15, 0.2) is 0 Å². The highest BCUT2D eigenvalue weighted by atomic mass is 35.5. The van der Waals surface area contributed by atoms with Gasteiger partial charge in [-0.25, -0.2) is 4.79 Å². The second-order valence-electron chi connectivity index (χ2n) is 8.50. The van der Waals surface area contributed by atoms with Crippen LogP contribution in [0.2, 0.25) is 5.02 Å². The summed E-state index contributed by atoms with van der Waals surface area (Å²) in [6.45, 7) is 4.68. The van der Waals surface area contributed by atoms with Crippen molar-refractivity contribution in [2.24, 2.45) is 0 Å². The maximum absolute atomic E-state index is 13.6. The Morgan fingerprint density at radius 3 is 2.67 bits per heavy atom. The number of aromatic nitrogens is 1. The van der Waals surface area contributed by atoms with E-state index in [0.29, 0.717) is 11.6 Å². The number of halogens is 1. The van der Waals surface area contributed by atoms with E-state index >= 15 is 0 Å². The van der Waals surface area contributed by atoms with Gasteiger partial charge < -0.3 is 19.9 Å². The number of fused-ring (bicyclic) bond motifs is 3. The van der Waals surface area contributed by atoms with Crippen molar-refractivity contribution in [2.45, 2.75) is 26.3 Å². The van der Waals surface area contributed by atoms with Crippen molar-refractivity contribution in [1.29, 1.82) is 0 Å². The first-order valence-corrected chi connectivity index (χ1v) is 11.4. The first kappa shape index (κ1) is 21.4. The van der Waals surface area contributed by atoms with Gasteiger partial charge in [0.1, 0.15) is 5.75 Å². The van der Waals surface area contributed by atoms with Crippen LogP contribution in [-0.2, 0) is 6.42 Å². The number of nitrogens with one attached hydrogen (secondary N) is 2. The molecule has 0 aliphatic carbocycles. The lowest BCUT2D eigenvalue weighted by atomic mass is 9.92. The second kappa shape index (κ2) is 8.49. The fraction of sp³-hybridized carbons (Fsp3) is 0.222. The molecule has 0 bridgehead atoms. The number of H-pyrrole nitrogens is 1. The Morgan fingerprint density at radius 1 is 1.12 bits per heavy atom. The first-order valence-electron chi connectivity index (χ1n) is 11.0. The molecular formula is C27H26ClN3O2. The average molecular weight is 460 g/mol. The van der Waals surface area contributed by atoms with Crippen molar-refractivity contribution < 1.29 is 9.53 Å². The van der Waals surface area contributed by atoms with E-state index in [-0.39, 0.29) is 12.1 Å². The molecule has 3 aromatic carbocycles. The maximum atomic E-state index is 13.6. The van der Waals surface area contributed by atoms with Gasteiger partial charge in [-0.05, 0) is 78.9 Å². The number of anilines is 1. The molecule has 0 spiro atoms. The summed E-state index contributed by atoms with van der Waals surface area (Å²) in [5.74, 6) is 0.782. The highest BCUT2D eigenvalue weighted by Gasteiger charge is 2.35. The Labute approximate surface area is 198 Å². The predicted octanol–water partition coefficient (Wildman–Crippen LogP) is 6.63. The Hall–Kier alpha value is -3.44. The van der Waals surface area contributed by atoms with Gasteiger partial charge in [-0.15, -0.1) is 0 Å². The van der Waals surface area contributed by atoms with Crippen molar-refractivity contribution in [1.82, 2.24) is 9.88 Å². The van der Waals surface area contributed by atoms with Crippen LogP contribution in [0.1, 0.15) is 34.0 Å². The van der Waals surface area contributed by atoms with Crippen molar-refractivity contribution >= 4 is 34.2 Å². The molecule has 0 saturated carbocycles. The van der Waals surface area contributed by atoms with Gasteiger partial charge in [0.05, 0.1) is 13.2 Å². The predicted molar refractivity (Wildman–Crippen MR) is 133 cm³/mol. The third-order valence-corrected chi connectivity index (χ3v) is 6.86. The SMILES string of the molecule is COc1ccc([C@H]2c3[nH]c4ccc(Cl)cc4c3CCN2C(=O)Nc2cccc(C)c2C)cc1. The summed E-state index contributed by atoms with van der Waals surface area (Å²) in [4.78, 5) is 19.1. The quantitative estimate of drug-likeness (QED) is 0.361. The number of rotatable bonds is 3. The van der Waals surface area contributed by atoms with Gasteiger partial charge in [-0.1, -0.05) is 35.9 Å². The molecule has 0 fully saturated rings. The Bertz CT molecular complexity index is 1340. The lowest BCUT2D eigenvalue weighted by Crippen LogP contribution is -2.43. The zero-order chi connectivity index (χ0) is 23.1. The van der Waals surface area contributed by atoms with E-state index in [1.54, 1.807) is 7.11 Å². The van der Waals surface area contributed by atoms with Crippen LogP contribution in [0.25, 0.3) is 10.9 Å². The van der Waals surface area contributed by atoms with Gasteiger partial charge in [-0.3, -0.25) is 0 Å². The number of nitrogens with zero attached hydrogens (tertiary/aromatic N) is 1. The number of methoxy groups -OCH3 is 1. The van der Waals surface area contributed by atoms with E-state index in [1.807, 2.05) is 79.4 Å². The molecule has 33 heavy (non-hydrogen) atoms. The van der Waals surface area contributed by atoms with Crippen LogP contribution in [0.5, 0.6) is 5.75 Å². The fourth-order valence-electron chi connectivity index (χ4n) is 4.69. The second-order valence-corrected chi connectivity index (χ2v) is 8.94.